The maximum atomic E-state index is 5.76. The van der Waals surface area contributed by atoms with Gasteiger partial charge in [-0.15, -0.1) is 11.6 Å². The molecule has 1 rings (SSSR count). The first kappa shape index (κ1) is 6.63. The quantitative estimate of drug-likeness (QED) is 0.524. The maximum absolute atomic E-state index is 5.76. The topological polar surface area (TPSA) is 0 Å². The average molecular weight is 139 g/mol. The molecule has 0 spiro atoms. The second-order valence-electron chi connectivity index (χ2n) is 1.88. The molecule has 0 bridgehead atoms. The van der Waals surface area contributed by atoms with Crippen LogP contribution in [0.5, 0.6) is 0 Å². The second kappa shape index (κ2) is 2.88. The number of benzene rings is 1. The molecule has 46 valence electrons. The summed E-state index contributed by atoms with van der Waals surface area (Å²) in [6, 6.07) is 11.3. The van der Waals surface area contributed by atoms with E-state index in [1.165, 1.54) is 0 Å². The van der Waals surface area contributed by atoms with Crippen LogP contribution in [0.4, 0.5) is 0 Å². The van der Waals surface area contributed by atoms with E-state index < -0.39 is 0 Å². The maximum Gasteiger partial charge on any atom is 0.0557 e. The van der Waals surface area contributed by atoms with Gasteiger partial charge in [-0.25, -0.2) is 0 Å². The van der Waals surface area contributed by atoms with E-state index in [1.807, 2.05) is 19.1 Å². The molecule has 0 aliphatic carbocycles. The Balaban J connectivity index is 2.85. The molecule has 9 heavy (non-hydrogen) atoms. The summed E-state index contributed by atoms with van der Waals surface area (Å²) in [7, 11) is 0. The molecule has 2 radical (unpaired) electrons. The van der Waals surface area contributed by atoms with Gasteiger partial charge in [0.2, 0.25) is 0 Å². The van der Waals surface area contributed by atoms with Crippen molar-refractivity contribution in [2.75, 3.05) is 0 Å². The molecule has 0 aromatic heterocycles. The SMILES string of the molecule is CC(Cl)c1c[c]c[c]c1. The lowest BCUT2D eigenvalue weighted by molar-refractivity contribution is 1.08. The van der Waals surface area contributed by atoms with Crippen LogP contribution in [0.3, 0.4) is 0 Å². The molecule has 0 saturated carbocycles. The summed E-state index contributed by atoms with van der Waals surface area (Å²) >= 11 is 5.76. The molecule has 0 aliphatic heterocycles. The molecule has 0 amide bonds. The van der Waals surface area contributed by atoms with Crippen molar-refractivity contribution in [3.63, 3.8) is 0 Å². The van der Waals surface area contributed by atoms with Crippen molar-refractivity contribution >= 4 is 11.6 Å². The Morgan fingerprint density at radius 1 is 1.44 bits per heavy atom. The second-order valence-corrected chi connectivity index (χ2v) is 2.54. The minimum atomic E-state index is 0.0682. The Morgan fingerprint density at radius 2 is 2.00 bits per heavy atom. The Hall–Kier alpha value is -0.490. The molecular formula is C8H7Cl. The summed E-state index contributed by atoms with van der Waals surface area (Å²) in [6.45, 7) is 1.93. The van der Waals surface area contributed by atoms with Crippen LogP contribution >= 0.6 is 11.6 Å². The van der Waals surface area contributed by atoms with Gasteiger partial charge >= 0.3 is 0 Å². The highest BCUT2D eigenvalue weighted by atomic mass is 35.5. The van der Waals surface area contributed by atoms with Crippen molar-refractivity contribution in [3.8, 4) is 0 Å². The molecule has 1 atom stereocenters. The molecular weight excluding hydrogens is 132 g/mol. The van der Waals surface area contributed by atoms with Gasteiger partial charge in [-0.3, -0.25) is 0 Å². The highest BCUT2D eigenvalue weighted by Gasteiger charge is 1.96. The summed E-state index contributed by atoms with van der Waals surface area (Å²) in [5.41, 5.74) is 1.07. The average Bonchev–Trinajstić information content (AvgIpc) is 1.90. The fourth-order valence-electron chi connectivity index (χ4n) is 0.595. The lowest BCUT2D eigenvalue weighted by Crippen LogP contribution is -1.80. The van der Waals surface area contributed by atoms with Crippen LogP contribution in [0.25, 0.3) is 0 Å². The molecule has 0 nitrogen and oxygen atoms in total. The zero-order chi connectivity index (χ0) is 6.69. The monoisotopic (exact) mass is 138 g/mol. The minimum absolute atomic E-state index is 0.0682. The van der Waals surface area contributed by atoms with Crippen molar-refractivity contribution in [2.24, 2.45) is 0 Å². The summed E-state index contributed by atoms with van der Waals surface area (Å²) in [6.07, 6.45) is 0. The predicted molar refractivity (Wildman–Crippen MR) is 38.4 cm³/mol. The zero-order valence-electron chi connectivity index (χ0n) is 5.19. The van der Waals surface area contributed by atoms with Crippen LogP contribution in [0.15, 0.2) is 18.2 Å². The van der Waals surface area contributed by atoms with E-state index in [9.17, 15) is 0 Å². The first-order chi connectivity index (χ1) is 4.30. The Bertz CT molecular complexity index is 167. The Labute approximate surface area is 60.5 Å². The summed E-state index contributed by atoms with van der Waals surface area (Å²) in [5.74, 6) is 0. The summed E-state index contributed by atoms with van der Waals surface area (Å²) in [5, 5.41) is 0.0682. The fourth-order valence-corrected chi connectivity index (χ4v) is 0.721. The number of alkyl halides is 1. The zero-order valence-corrected chi connectivity index (χ0v) is 5.94. The van der Waals surface area contributed by atoms with Crippen molar-refractivity contribution in [1.82, 2.24) is 0 Å². The molecule has 0 fully saturated rings. The van der Waals surface area contributed by atoms with Crippen LogP contribution in [-0.4, -0.2) is 0 Å². The molecule has 1 aromatic rings. The molecule has 1 heteroatoms. The van der Waals surface area contributed by atoms with Crippen molar-refractivity contribution in [3.05, 3.63) is 35.9 Å². The van der Waals surface area contributed by atoms with Gasteiger partial charge in [0.1, 0.15) is 0 Å². The number of hydrogen-bond donors (Lipinski definition) is 0. The lowest BCUT2D eigenvalue weighted by Gasteiger charge is -1.98. The minimum Gasteiger partial charge on any atom is -0.118 e. The lowest BCUT2D eigenvalue weighted by atomic mass is 10.2. The van der Waals surface area contributed by atoms with Gasteiger partial charge in [0.05, 0.1) is 5.38 Å². The van der Waals surface area contributed by atoms with E-state index in [-0.39, 0.29) is 5.38 Å². The smallest absolute Gasteiger partial charge is 0.0557 e. The van der Waals surface area contributed by atoms with Crippen molar-refractivity contribution in [1.29, 1.82) is 0 Å². The van der Waals surface area contributed by atoms with E-state index in [4.69, 9.17) is 11.6 Å². The third kappa shape index (κ3) is 1.72. The predicted octanol–water partition coefficient (Wildman–Crippen LogP) is 2.59. The summed E-state index contributed by atoms with van der Waals surface area (Å²) in [4.78, 5) is 0. The first-order valence-electron chi connectivity index (χ1n) is 2.82. The molecule has 0 saturated heterocycles. The van der Waals surface area contributed by atoms with Gasteiger partial charge in [-0.1, -0.05) is 0 Å². The molecule has 1 aromatic carbocycles. The van der Waals surface area contributed by atoms with E-state index in [0.717, 1.165) is 5.56 Å². The van der Waals surface area contributed by atoms with Gasteiger partial charge in [-0.05, 0) is 42.8 Å². The van der Waals surface area contributed by atoms with Crippen LogP contribution in [0.2, 0.25) is 0 Å². The third-order valence-corrected chi connectivity index (χ3v) is 1.38. The van der Waals surface area contributed by atoms with E-state index in [1.54, 1.807) is 6.07 Å². The van der Waals surface area contributed by atoms with E-state index in [0.29, 0.717) is 0 Å². The molecule has 0 heterocycles. The van der Waals surface area contributed by atoms with Crippen LogP contribution in [-0.2, 0) is 0 Å². The molecule has 0 N–H and O–H groups in total. The highest BCUT2D eigenvalue weighted by molar-refractivity contribution is 6.20. The molecule has 0 aliphatic rings. The van der Waals surface area contributed by atoms with Gasteiger partial charge in [0.15, 0.2) is 0 Å². The number of hydrogen-bond acceptors (Lipinski definition) is 0. The Morgan fingerprint density at radius 3 is 2.33 bits per heavy atom. The highest BCUT2D eigenvalue weighted by Crippen LogP contribution is 2.17. The van der Waals surface area contributed by atoms with Gasteiger partial charge in [-0.2, -0.15) is 0 Å². The van der Waals surface area contributed by atoms with Crippen molar-refractivity contribution < 1.29 is 0 Å². The fraction of sp³-hybridized carbons (Fsp3) is 0.250. The standard InChI is InChI=1S/C8H7Cl/c1-7(9)8-5-3-2-4-6-8/h2,5-7H,1H3. The van der Waals surface area contributed by atoms with Gasteiger partial charge in [0.25, 0.3) is 0 Å². The largest absolute Gasteiger partial charge is 0.118 e. The third-order valence-electron chi connectivity index (χ3n) is 1.13. The first-order valence-corrected chi connectivity index (χ1v) is 3.25. The summed E-state index contributed by atoms with van der Waals surface area (Å²) < 4.78 is 0. The number of halogens is 1. The molecule has 1 unspecified atom stereocenters. The van der Waals surface area contributed by atoms with Crippen molar-refractivity contribution in [2.45, 2.75) is 12.3 Å². The van der Waals surface area contributed by atoms with E-state index >= 15 is 0 Å². The van der Waals surface area contributed by atoms with Crippen LogP contribution in [0.1, 0.15) is 17.9 Å². The van der Waals surface area contributed by atoms with Crippen LogP contribution in [0, 0.1) is 12.1 Å². The van der Waals surface area contributed by atoms with Gasteiger partial charge < -0.3 is 0 Å². The number of rotatable bonds is 1. The van der Waals surface area contributed by atoms with Crippen LogP contribution < -0.4 is 0 Å². The van der Waals surface area contributed by atoms with Gasteiger partial charge in [0, 0.05) is 0 Å². The normalized spacial score (nSPS) is 13.1. The van der Waals surface area contributed by atoms with E-state index in [2.05, 4.69) is 12.1 Å². The Kier molecular flexibility index (Phi) is 2.12.